The van der Waals surface area contributed by atoms with Crippen LogP contribution in [0.3, 0.4) is 0 Å². The van der Waals surface area contributed by atoms with Crippen molar-refractivity contribution in [2.45, 2.75) is 20.8 Å². The number of ether oxygens (including phenoxy) is 2. The molecule has 0 saturated carbocycles. The van der Waals surface area contributed by atoms with Gasteiger partial charge in [0.15, 0.2) is 6.61 Å². The van der Waals surface area contributed by atoms with Crippen molar-refractivity contribution in [3.05, 3.63) is 58.7 Å². The van der Waals surface area contributed by atoms with Gasteiger partial charge in [0.1, 0.15) is 11.3 Å². The number of rotatable bonds is 5. The molecule has 2 aromatic carbocycles. The van der Waals surface area contributed by atoms with Crippen molar-refractivity contribution >= 4 is 17.6 Å². The molecule has 24 heavy (non-hydrogen) atoms. The zero-order chi connectivity index (χ0) is 17.7. The number of nitrogens with one attached hydrogen (secondary N) is 1. The number of methoxy groups -OCH3 is 1. The minimum Gasteiger partial charge on any atom is -0.496 e. The van der Waals surface area contributed by atoms with E-state index in [0.29, 0.717) is 5.75 Å². The molecule has 0 unspecified atom stereocenters. The topological polar surface area (TPSA) is 64.6 Å². The summed E-state index contributed by atoms with van der Waals surface area (Å²) >= 11 is 0. The maximum absolute atomic E-state index is 12.1. The van der Waals surface area contributed by atoms with Crippen molar-refractivity contribution in [1.82, 2.24) is 0 Å². The Labute approximate surface area is 141 Å². The number of aryl methyl sites for hydroxylation is 3. The Morgan fingerprint density at radius 2 is 1.67 bits per heavy atom. The van der Waals surface area contributed by atoms with E-state index in [-0.39, 0.29) is 18.1 Å². The predicted molar refractivity (Wildman–Crippen MR) is 92.6 cm³/mol. The number of esters is 1. The van der Waals surface area contributed by atoms with Gasteiger partial charge in [-0.15, -0.1) is 0 Å². The number of anilines is 1. The third-order valence-corrected chi connectivity index (χ3v) is 3.60. The van der Waals surface area contributed by atoms with Crippen LogP contribution in [0.4, 0.5) is 5.69 Å². The lowest BCUT2D eigenvalue weighted by Gasteiger charge is -2.13. The van der Waals surface area contributed by atoms with Crippen molar-refractivity contribution in [1.29, 1.82) is 0 Å². The summed E-state index contributed by atoms with van der Waals surface area (Å²) in [7, 11) is 1.47. The van der Waals surface area contributed by atoms with Gasteiger partial charge in [0.25, 0.3) is 5.91 Å². The van der Waals surface area contributed by atoms with Crippen LogP contribution in [0.1, 0.15) is 27.0 Å². The summed E-state index contributed by atoms with van der Waals surface area (Å²) in [6.07, 6.45) is 0. The molecule has 0 aliphatic rings. The van der Waals surface area contributed by atoms with Gasteiger partial charge in [-0.1, -0.05) is 29.8 Å². The second-order valence-corrected chi connectivity index (χ2v) is 5.60. The van der Waals surface area contributed by atoms with Gasteiger partial charge in [-0.25, -0.2) is 4.79 Å². The van der Waals surface area contributed by atoms with Gasteiger partial charge in [0.05, 0.1) is 7.11 Å². The van der Waals surface area contributed by atoms with Crippen LogP contribution in [-0.2, 0) is 9.53 Å². The van der Waals surface area contributed by atoms with Crippen molar-refractivity contribution in [2.24, 2.45) is 0 Å². The van der Waals surface area contributed by atoms with Crippen LogP contribution in [0, 0.1) is 20.8 Å². The third kappa shape index (κ3) is 4.13. The smallest absolute Gasteiger partial charge is 0.342 e. The average molecular weight is 327 g/mol. The first-order valence-electron chi connectivity index (χ1n) is 7.60. The molecule has 0 saturated heterocycles. The maximum Gasteiger partial charge on any atom is 0.342 e. The molecule has 126 valence electrons. The van der Waals surface area contributed by atoms with E-state index < -0.39 is 5.97 Å². The Morgan fingerprint density at radius 1 is 1.04 bits per heavy atom. The van der Waals surface area contributed by atoms with Gasteiger partial charge in [-0.05, 0) is 44.0 Å². The van der Waals surface area contributed by atoms with Crippen LogP contribution in [-0.4, -0.2) is 25.6 Å². The van der Waals surface area contributed by atoms with E-state index in [1.54, 1.807) is 24.3 Å². The summed E-state index contributed by atoms with van der Waals surface area (Å²) in [5.41, 5.74) is 4.11. The fourth-order valence-electron chi connectivity index (χ4n) is 2.57. The Balaban J connectivity index is 2.00. The highest BCUT2D eigenvalue weighted by Crippen LogP contribution is 2.22. The van der Waals surface area contributed by atoms with Crippen LogP contribution < -0.4 is 10.1 Å². The SMILES string of the molecule is COc1ccccc1C(=O)OCC(=O)Nc1c(C)cc(C)cc1C. The van der Waals surface area contributed by atoms with E-state index in [9.17, 15) is 9.59 Å². The summed E-state index contributed by atoms with van der Waals surface area (Å²) in [6.45, 7) is 5.50. The molecule has 0 radical (unpaired) electrons. The number of hydrogen-bond acceptors (Lipinski definition) is 4. The summed E-state index contributed by atoms with van der Waals surface area (Å²) in [5.74, 6) is -0.568. The molecule has 0 bridgehead atoms. The van der Waals surface area contributed by atoms with Crippen molar-refractivity contribution in [3.8, 4) is 5.75 Å². The average Bonchev–Trinajstić information content (AvgIpc) is 2.55. The second-order valence-electron chi connectivity index (χ2n) is 5.60. The molecule has 5 heteroatoms. The van der Waals surface area contributed by atoms with Gasteiger partial charge in [0.2, 0.25) is 0 Å². The Hall–Kier alpha value is -2.82. The van der Waals surface area contributed by atoms with E-state index >= 15 is 0 Å². The van der Waals surface area contributed by atoms with Crippen LogP contribution in [0.2, 0.25) is 0 Å². The molecule has 2 rings (SSSR count). The molecular weight excluding hydrogens is 306 g/mol. The first-order valence-corrected chi connectivity index (χ1v) is 7.60. The highest BCUT2D eigenvalue weighted by Gasteiger charge is 2.15. The van der Waals surface area contributed by atoms with Crippen LogP contribution in [0.25, 0.3) is 0 Å². The molecule has 0 aliphatic carbocycles. The van der Waals surface area contributed by atoms with Crippen LogP contribution in [0.15, 0.2) is 36.4 Å². The lowest BCUT2D eigenvalue weighted by Crippen LogP contribution is -2.22. The number of hydrogen-bond donors (Lipinski definition) is 1. The van der Waals surface area contributed by atoms with Crippen molar-refractivity contribution < 1.29 is 19.1 Å². The molecule has 0 spiro atoms. The lowest BCUT2D eigenvalue weighted by atomic mass is 10.1. The fourth-order valence-corrected chi connectivity index (χ4v) is 2.57. The van der Waals surface area contributed by atoms with Crippen LogP contribution in [0.5, 0.6) is 5.75 Å². The molecular formula is C19H21NO4. The summed E-state index contributed by atoms with van der Waals surface area (Å²) in [6, 6.07) is 10.7. The zero-order valence-corrected chi connectivity index (χ0v) is 14.3. The van der Waals surface area contributed by atoms with Crippen molar-refractivity contribution in [3.63, 3.8) is 0 Å². The van der Waals surface area contributed by atoms with Gasteiger partial charge in [-0.3, -0.25) is 4.79 Å². The number of amides is 1. The molecule has 2 aromatic rings. The molecule has 0 aliphatic heterocycles. The highest BCUT2D eigenvalue weighted by molar-refractivity contribution is 5.97. The highest BCUT2D eigenvalue weighted by atomic mass is 16.5. The van der Waals surface area contributed by atoms with Gasteiger partial charge in [0, 0.05) is 5.69 Å². The van der Waals surface area contributed by atoms with E-state index in [1.165, 1.54) is 7.11 Å². The molecule has 0 atom stereocenters. The minimum absolute atomic E-state index is 0.287. The molecule has 0 heterocycles. The number of benzene rings is 2. The molecule has 1 amide bonds. The van der Waals surface area contributed by atoms with E-state index in [4.69, 9.17) is 9.47 Å². The maximum atomic E-state index is 12.1. The second kappa shape index (κ2) is 7.64. The Morgan fingerprint density at radius 3 is 2.29 bits per heavy atom. The predicted octanol–water partition coefficient (Wildman–Crippen LogP) is 3.42. The van der Waals surface area contributed by atoms with Gasteiger partial charge in [-0.2, -0.15) is 0 Å². The van der Waals surface area contributed by atoms with E-state index in [0.717, 1.165) is 22.4 Å². The lowest BCUT2D eigenvalue weighted by molar-refractivity contribution is -0.119. The summed E-state index contributed by atoms with van der Waals surface area (Å²) < 4.78 is 10.2. The quantitative estimate of drug-likeness (QED) is 0.855. The molecule has 5 nitrogen and oxygen atoms in total. The Kier molecular flexibility index (Phi) is 5.58. The van der Waals surface area contributed by atoms with Gasteiger partial charge >= 0.3 is 5.97 Å². The third-order valence-electron chi connectivity index (χ3n) is 3.60. The van der Waals surface area contributed by atoms with E-state index in [2.05, 4.69) is 5.32 Å². The number of para-hydroxylation sites is 1. The zero-order valence-electron chi connectivity index (χ0n) is 14.3. The fraction of sp³-hybridized carbons (Fsp3) is 0.263. The summed E-state index contributed by atoms with van der Waals surface area (Å²) in [4.78, 5) is 24.2. The van der Waals surface area contributed by atoms with Gasteiger partial charge < -0.3 is 14.8 Å². The van der Waals surface area contributed by atoms with E-state index in [1.807, 2.05) is 32.9 Å². The Bertz CT molecular complexity index is 745. The first kappa shape index (κ1) is 17.5. The molecule has 0 aromatic heterocycles. The normalized spacial score (nSPS) is 10.2. The minimum atomic E-state index is -0.597. The first-order chi connectivity index (χ1) is 11.4. The van der Waals surface area contributed by atoms with Crippen molar-refractivity contribution in [2.75, 3.05) is 19.0 Å². The summed E-state index contributed by atoms with van der Waals surface area (Å²) in [5, 5.41) is 2.79. The molecule has 1 N–H and O–H groups in total. The molecule has 0 fully saturated rings. The monoisotopic (exact) mass is 327 g/mol. The van der Waals surface area contributed by atoms with Crippen LogP contribution >= 0.6 is 0 Å². The number of carbonyl (C=O) groups is 2. The number of carbonyl (C=O) groups excluding carboxylic acids is 2. The standard InChI is InChI=1S/C19H21NO4/c1-12-9-13(2)18(14(3)10-12)20-17(21)11-24-19(22)15-7-5-6-8-16(15)23-4/h5-10H,11H2,1-4H3,(H,20,21). The largest absolute Gasteiger partial charge is 0.496 e.